The van der Waals surface area contributed by atoms with Gasteiger partial charge in [0.25, 0.3) is 10.1 Å². The van der Waals surface area contributed by atoms with E-state index in [9.17, 15) is 8.42 Å². The van der Waals surface area contributed by atoms with E-state index in [0.717, 1.165) is 5.56 Å². The number of aryl methyl sites for hydroxylation is 1. The van der Waals surface area contributed by atoms with E-state index in [-0.39, 0.29) is 24.7 Å². The van der Waals surface area contributed by atoms with E-state index < -0.39 is 10.1 Å². The summed E-state index contributed by atoms with van der Waals surface area (Å²) in [7, 11) is -3.86. The average molecular weight is 376 g/mol. The molecule has 1 aromatic carbocycles. The Hall–Kier alpha value is -1.29. The van der Waals surface area contributed by atoms with Gasteiger partial charge in [-0.05, 0) is 35.0 Å². The third-order valence-electron chi connectivity index (χ3n) is 2.69. The molecule has 0 amide bonds. The lowest BCUT2D eigenvalue weighted by molar-refractivity contribution is 0.252. The molecule has 1 N–H and O–H groups in total. The van der Waals surface area contributed by atoms with E-state index in [4.69, 9.17) is 9.29 Å². The molecule has 0 unspecified atom stereocenters. The Morgan fingerprint density at radius 3 is 2.62 bits per heavy atom. The van der Waals surface area contributed by atoms with Gasteiger partial charge in [0.1, 0.15) is 6.61 Å². The maximum Gasteiger partial charge on any atom is 0.297 e. The van der Waals surface area contributed by atoms with Gasteiger partial charge in [0, 0.05) is 0 Å². The lowest BCUT2D eigenvalue weighted by Gasteiger charge is -2.06. The number of nitrogens with zero attached hydrogens (tertiary/aromatic N) is 3. The first-order chi connectivity index (χ1) is 9.92. The number of halogens is 1. The van der Waals surface area contributed by atoms with E-state index in [1.165, 1.54) is 16.8 Å². The van der Waals surface area contributed by atoms with E-state index in [1.54, 1.807) is 12.1 Å². The minimum atomic E-state index is -3.86. The summed E-state index contributed by atoms with van der Waals surface area (Å²) in [6.45, 7) is 1.69. The Morgan fingerprint density at radius 1 is 1.33 bits per heavy atom. The van der Waals surface area contributed by atoms with Crippen molar-refractivity contribution in [2.75, 3.05) is 6.61 Å². The fourth-order valence-corrected chi connectivity index (χ4v) is 2.89. The molecular formula is C12H14BrN3O4S. The molecule has 0 saturated carbocycles. The van der Waals surface area contributed by atoms with Crippen molar-refractivity contribution < 1.29 is 17.7 Å². The molecule has 0 atom stereocenters. The molecule has 0 aliphatic heterocycles. The molecule has 2 rings (SSSR count). The highest BCUT2D eigenvalue weighted by Crippen LogP contribution is 2.15. The van der Waals surface area contributed by atoms with Crippen molar-refractivity contribution in [3.05, 3.63) is 40.4 Å². The average Bonchev–Trinajstić information content (AvgIpc) is 2.78. The van der Waals surface area contributed by atoms with Crippen molar-refractivity contribution in [2.24, 2.45) is 0 Å². The lowest BCUT2D eigenvalue weighted by atomic mass is 10.2. The van der Waals surface area contributed by atoms with Gasteiger partial charge in [-0.3, -0.25) is 4.18 Å². The predicted octanol–water partition coefficient (Wildman–Crippen LogP) is 1.25. The summed E-state index contributed by atoms with van der Waals surface area (Å²) in [4.78, 5) is 4.09. The summed E-state index contributed by atoms with van der Waals surface area (Å²) in [6.07, 6.45) is 0. The third-order valence-corrected chi connectivity index (χ3v) is 4.30. The molecule has 0 radical (unpaired) electrons. The van der Waals surface area contributed by atoms with Crippen molar-refractivity contribution in [1.82, 2.24) is 14.8 Å². The maximum atomic E-state index is 12.1. The minimum absolute atomic E-state index is 0.0837. The second kappa shape index (κ2) is 6.65. The van der Waals surface area contributed by atoms with Crippen LogP contribution in [-0.4, -0.2) is 34.9 Å². The molecule has 21 heavy (non-hydrogen) atoms. The van der Waals surface area contributed by atoms with Gasteiger partial charge < -0.3 is 5.11 Å². The molecule has 1 aromatic heterocycles. The molecule has 2 aromatic rings. The quantitative estimate of drug-likeness (QED) is 0.763. The van der Waals surface area contributed by atoms with Crippen LogP contribution in [0.3, 0.4) is 0 Å². The molecule has 114 valence electrons. The number of aliphatic hydroxyl groups excluding tert-OH is 1. The zero-order valence-electron chi connectivity index (χ0n) is 11.2. The standard InChI is InChI=1S/C12H14BrN3O4S/c1-9-2-4-10(5-3-9)21(18,19)20-8-11-14-12(13)15-16(11)6-7-17/h2-5,17H,6-8H2,1H3. The zero-order chi connectivity index (χ0) is 15.5. The molecule has 7 nitrogen and oxygen atoms in total. The third kappa shape index (κ3) is 4.10. The van der Waals surface area contributed by atoms with Gasteiger partial charge in [-0.25, -0.2) is 9.67 Å². The van der Waals surface area contributed by atoms with Crippen LogP contribution in [0, 0.1) is 6.92 Å². The second-order valence-electron chi connectivity index (χ2n) is 4.27. The SMILES string of the molecule is Cc1ccc(S(=O)(=O)OCc2nc(Br)nn2CCO)cc1. The Kier molecular flexibility index (Phi) is 5.09. The van der Waals surface area contributed by atoms with Gasteiger partial charge >= 0.3 is 0 Å². The van der Waals surface area contributed by atoms with Crippen molar-refractivity contribution in [3.8, 4) is 0 Å². The Balaban J connectivity index is 2.13. The molecule has 0 aliphatic carbocycles. The highest BCUT2D eigenvalue weighted by Gasteiger charge is 2.17. The number of hydrogen-bond acceptors (Lipinski definition) is 6. The second-order valence-corrected chi connectivity index (χ2v) is 6.60. The van der Waals surface area contributed by atoms with Crippen LogP contribution in [0.15, 0.2) is 33.9 Å². The van der Waals surface area contributed by atoms with E-state index in [2.05, 4.69) is 26.0 Å². The number of benzene rings is 1. The number of aromatic nitrogens is 3. The summed E-state index contributed by atoms with van der Waals surface area (Å²) in [6, 6.07) is 6.36. The number of rotatable bonds is 6. The minimum Gasteiger partial charge on any atom is -0.394 e. The summed E-state index contributed by atoms with van der Waals surface area (Å²) >= 11 is 3.10. The molecule has 9 heteroatoms. The van der Waals surface area contributed by atoms with Gasteiger partial charge in [0.05, 0.1) is 18.0 Å². The Bertz CT molecular complexity index is 713. The van der Waals surface area contributed by atoms with Crippen LogP contribution in [0.25, 0.3) is 0 Å². The number of aliphatic hydroxyl groups is 1. The Morgan fingerprint density at radius 2 is 2.00 bits per heavy atom. The van der Waals surface area contributed by atoms with Crippen molar-refractivity contribution in [1.29, 1.82) is 0 Å². The van der Waals surface area contributed by atoms with Crippen molar-refractivity contribution >= 4 is 26.0 Å². The van der Waals surface area contributed by atoms with Gasteiger partial charge in [-0.1, -0.05) is 17.7 Å². The fraction of sp³-hybridized carbons (Fsp3) is 0.333. The monoisotopic (exact) mass is 375 g/mol. The van der Waals surface area contributed by atoms with Crippen LogP contribution in [0.5, 0.6) is 0 Å². The molecular weight excluding hydrogens is 362 g/mol. The van der Waals surface area contributed by atoms with Crippen molar-refractivity contribution in [3.63, 3.8) is 0 Å². The first-order valence-electron chi connectivity index (χ1n) is 6.08. The van der Waals surface area contributed by atoms with Crippen LogP contribution in [-0.2, 0) is 27.5 Å². The smallest absolute Gasteiger partial charge is 0.297 e. The summed E-state index contributed by atoms with van der Waals surface area (Å²) < 4.78 is 30.8. The van der Waals surface area contributed by atoms with Crippen LogP contribution in [0.1, 0.15) is 11.4 Å². The van der Waals surface area contributed by atoms with Gasteiger partial charge in [-0.2, -0.15) is 8.42 Å². The fourth-order valence-electron chi connectivity index (χ4n) is 1.63. The van der Waals surface area contributed by atoms with E-state index in [1.807, 2.05) is 6.92 Å². The normalized spacial score (nSPS) is 11.8. The van der Waals surface area contributed by atoms with E-state index in [0.29, 0.717) is 10.6 Å². The van der Waals surface area contributed by atoms with Crippen LogP contribution in [0.4, 0.5) is 0 Å². The number of hydrogen-bond donors (Lipinski definition) is 1. The zero-order valence-corrected chi connectivity index (χ0v) is 13.6. The maximum absolute atomic E-state index is 12.1. The highest BCUT2D eigenvalue weighted by atomic mass is 79.9. The van der Waals surface area contributed by atoms with E-state index >= 15 is 0 Å². The van der Waals surface area contributed by atoms with Gasteiger partial charge in [0.2, 0.25) is 4.73 Å². The molecule has 1 heterocycles. The summed E-state index contributed by atoms with van der Waals surface area (Å²) in [5.74, 6) is 0.312. The highest BCUT2D eigenvalue weighted by molar-refractivity contribution is 9.10. The summed E-state index contributed by atoms with van der Waals surface area (Å²) in [5.41, 5.74) is 0.959. The molecule has 0 spiro atoms. The molecule has 0 bridgehead atoms. The van der Waals surface area contributed by atoms with Gasteiger partial charge in [0.15, 0.2) is 5.82 Å². The van der Waals surface area contributed by atoms with Crippen LogP contribution in [0.2, 0.25) is 0 Å². The topological polar surface area (TPSA) is 94.3 Å². The largest absolute Gasteiger partial charge is 0.394 e. The predicted molar refractivity (Wildman–Crippen MR) is 78.0 cm³/mol. The first-order valence-corrected chi connectivity index (χ1v) is 8.28. The first kappa shape index (κ1) is 16.1. The lowest BCUT2D eigenvalue weighted by Crippen LogP contribution is -2.13. The Labute approximate surface area is 130 Å². The van der Waals surface area contributed by atoms with Crippen LogP contribution < -0.4 is 0 Å². The molecule has 0 fully saturated rings. The van der Waals surface area contributed by atoms with Crippen molar-refractivity contribution in [2.45, 2.75) is 25.0 Å². The van der Waals surface area contributed by atoms with Gasteiger partial charge in [-0.15, -0.1) is 5.10 Å². The summed E-state index contributed by atoms with van der Waals surface area (Å²) in [5, 5.41) is 12.9. The molecule has 0 saturated heterocycles. The molecule has 0 aliphatic rings. The van der Waals surface area contributed by atoms with Crippen LogP contribution >= 0.6 is 15.9 Å².